The van der Waals surface area contributed by atoms with E-state index in [1.54, 1.807) is 0 Å². The van der Waals surface area contributed by atoms with E-state index in [0.29, 0.717) is 6.04 Å². The van der Waals surface area contributed by atoms with Crippen molar-refractivity contribution in [3.8, 4) is 0 Å². The van der Waals surface area contributed by atoms with E-state index in [1.165, 1.54) is 22.3 Å². The molecule has 0 spiro atoms. The molecule has 1 N–H and O–H groups in total. The fourth-order valence-corrected chi connectivity index (χ4v) is 2.89. The third-order valence-electron chi connectivity index (χ3n) is 4.28. The normalized spacial score (nSPS) is 12.0. The lowest BCUT2D eigenvalue weighted by Gasteiger charge is -2.20. The molecule has 23 heavy (non-hydrogen) atoms. The van der Waals surface area contributed by atoms with Gasteiger partial charge in [0.2, 0.25) is 0 Å². The summed E-state index contributed by atoms with van der Waals surface area (Å²) in [6, 6.07) is 30.3. The first-order valence-electron chi connectivity index (χ1n) is 8.19. The summed E-state index contributed by atoms with van der Waals surface area (Å²) < 4.78 is 0. The lowest BCUT2D eigenvalue weighted by atomic mass is 9.96. The quantitative estimate of drug-likeness (QED) is 0.670. The van der Waals surface area contributed by atoms with Crippen molar-refractivity contribution >= 4 is 0 Å². The van der Waals surface area contributed by atoms with Gasteiger partial charge in [0.1, 0.15) is 0 Å². The molecule has 0 aliphatic heterocycles. The number of aryl methyl sites for hydroxylation is 1. The summed E-state index contributed by atoms with van der Waals surface area (Å²) in [6.45, 7) is 3.07. The monoisotopic (exact) mass is 301 g/mol. The standard InChI is InChI=1S/C22H23N/c1-18-10-8-9-15-21(18)16-22(20-13-6-3-7-14-20)23-17-19-11-4-2-5-12-19/h2-15,22-23H,16-17H2,1H3/t22-/m0/s1. The molecule has 0 bridgehead atoms. The highest BCUT2D eigenvalue weighted by molar-refractivity contribution is 5.29. The van der Waals surface area contributed by atoms with Crippen LogP contribution in [-0.4, -0.2) is 0 Å². The second-order valence-electron chi connectivity index (χ2n) is 5.96. The molecule has 0 radical (unpaired) electrons. The van der Waals surface area contributed by atoms with Crippen molar-refractivity contribution in [3.05, 3.63) is 107 Å². The van der Waals surface area contributed by atoms with E-state index in [0.717, 1.165) is 13.0 Å². The molecule has 1 nitrogen and oxygen atoms in total. The zero-order chi connectivity index (χ0) is 15.9. The first kappa shape index (κ1) is 15.5. The highest BCUT2D eigenvalue weighted by atomic mass is 14.9. The lowest BCUT2D eigenvalue weighted by Crippen LogP contribution is -2.23. The Morgan fingerprint density at radius 3 is 2.04 bits per heavy atom. The van der Waals surface area contributed by atoms with Gasteiger partial charge in [-0.2, -0.15) is 0 Å². The van der Waals surface area contributed by atoms with Crippen LogP contribution in [-0.2, 0) is 13.0 Å². The largest absolute Gasteiger partial charge is 0.306 e. The average molecular weight is 301 g/mol. The Bertz CT molecular complexity index is 719. The molecular weight excluding hydrogens is 278 g/mol. The van der Waals surface area contributed by atoms with Crippen LogP contribution in [0.3, 0.4) is 0 Å². The number of rotatable bonds is 6. The van der Waals surface area contributed by atoms with E-state index in [-0.39, 0.29) is 0 Å². The molecule has 0 aromatic heterocycles. The van der Waals surface area contributed by atoms with Gasteiger partial charge in [-0.15, -0.1) is 0 Å². The molecule has 0 amide bonds. The molecule has 1 atom stereocenters. The smallest absolute Gasteiger partial charge is 0.0363 e. The van der Waals surface area contributed by atoms with Crippen LogP contribution in [0.1, 0.15) is 28.3 Å². The maximum absolute atomic E-state index is 3.73. The highest BCUT2D eigenvalue weighted by Gasteiger charge is 2.12. The topological polar surface area (TPSA) is 12.0 Å². The van der Waals surface area contributed by atoms with Crippen molar-refractivity contribution < 1.29 is 0 Å². The van der Waals surface area contributed by atoms with Crippen LogP contribution in [0.25, 0.3) is 0 Å². The van der Waals surface area contributed by atoms with Crippen molar-refractivity contribution in [2.24, 2.45) is 0 Å². The maximum atomic E-state index is 3.73. The van der Waals surface area contributed by atoms with Crippen LogP contribution < -0.4 is 5.32 Å². The molecule has 0 saturated carbocycles. The van der Waals surface area contributed by atoms with Crippen LogP contribution in [0.2, 0.25) is 0 Å². The molecule has 0 unspecified atom stereocenters. The first-order valence-corrected chi connectivity index (χ1v) is 8.19. The van der Waals surface area contributed by atoms with Crippen molar-refractivity contribution in [3.63, 3.8) is 0 Å². The number of benzene rings is 3. The molecule has 3 aromatic carbocycles. The second-order valence-corrected chi connectivity index (χ2v) is 5.96. The first-order chi connectivity index (χ1) is 11.3. The summed E-state index contributed by atoms with van der Waals surface area (Å²) in [5.41, 5.74) is 5.42. The van der Waals surface area contributed by atoms with Gasteiger partial charge in [0.05, 0.1) is 0 Å². The van der Waals surface area contributed by atoms with Gasteiger partial charge < -0.3 is 5.32 Å². The Morgan fingerprint density at radius 1 is 0.739 bits per heavy atom. The van der Waals surface area contributed by atoms with E-state index in [4.69, 9.17) is 0 Å². The summed E-state index contributed by atoms with van der Waals surface area (Å²) in [4.78, 5) is 0. The number of hydrogen-bond acceptors (Lipinski definition) is 1. The van der Waals surface area contributed by atoms with Crippen molar-refractivity contribution in [1.82, 2.24) is 5.32 Å². The minimum absolute atomic E-state index is 0.317. The highest BCUT2D eigenvalue weighted by Crippen LogP contribution is 2.21. The zero-order valence-electron chi connectivity index (χ0n) is 13.6. The van der Waals surface area contributed by atoms with E-state index < -0.39 is 0 Å². The predicted octanol–water partition coefficient (Wildman–Crippen LogP) is 5.07. The summed E-state index contributed by atoms with van der Waals surface area (Å²) in [5.74, 6) is 0. The number of nitrogens with one attached hydrogen (secondary N) is 1. The van der Waals surface area contributed by atoms with Gasteiger partial charge in [-0.3, -0.25) is 0 Å². The summed E-state index contributed by atoms with van der Waals surface area (Å²) in [7, 11) is 0. The molecule has 3 aromatic rings. The predicted molar refractivity (Wildman–Crippen MR) is 97.3 cm³/mol. The Hall–Kier alpha value is -2.38. The van der Waals surface area contributed by atoms with Crippen LogP contribution in [0.4, 0.5) is 0 Å². The summed E-state index contributed by atoms with van der Waals surface area (Å²) in [6.07, 6.45) is 1.00. The van der Waals surface area contributed by atoms with E-state index in [9.17, 15) is 0 Å². The van der Waals surface area contributed by atoms with E-state index in [2.05, 4.69) is 97.2 Å². The van der Waals surface area contributed by atoms with E-state index >= 15 is 0 Å². The van der Waals surface area contributed by atoms with Crippen LogP contribution in [0.5, 0.6) is 0 Å². The molecule has 0 saturated heterocycles. The second kappa shape index (κ2) is 7.75. The van der Waals surface area contributed by atoms with E-state index in [1.807, 2.05) is 0 Å². The van der Waals surface area contributed by atoms with Gasteiger partial charge in [0.25, 0.3) is 0 Å². The Labute approximate surface area is 139 Å². The van der Waals surface area contributed by atoms with Crippen LogP contribution in [0.15, 0.2) is 84.9 Å². The molecule has 116 valence electrons. The Balaban J connectivity index is 1.78. The van der Waals surface area contributed by atoms with Gasteiger partial charge in [-0.05, 0) is 35.6 Å². The molecule has 0 heterocycles. The third-order valence-corrected chi connectivity index (χ3v) is 4.28. The summed E-state index contributed by atoms with van der Waals surface area (Å²) >= 11 is 0. The lowest BCUT2D eigenvalue weighted by molar-refractivity contribution is 0.529. The van der Waals surface area contributed by atoms with Crippen LogP contribution >= 0.6 is 0 Å². The van der Waals surface area contributed by atoms with Gasteiger partial charge in [0.15, 0.2) is 0 Å². The SMILES string of the molecule is Cc1ccccc1C[C@H](NCc1ccccc1)c1ccccc1. The van der Waals surface area contributed by atoms with Gasteiger partial charge >= 0.3 is 0 Å². The van der Waals surface area contributed by atoms with Crippen molar-refractivity contribution in [1.29, 1.82) is 0 Å². The fraction of sp³-hybridized carbons (Fsp3) is 0.182. The van der Waals surface area contributed by atoms with Crippen molar-refractivity contribution in [2.45, 2.75) is 25.9 Å². The Kier molecular flexibility index (Phi) is 5.23. The molecule has 3 rings (SSSR count). The van der Waals surface area contributed by atoms with Gasteiger partial charge in [-0.25, -0.2) is 0 Å². The zero-order valence-corrected chi connectivity index (χ0v) is 13.6. The van der Waals surface area contributed by atoms with Gasteiger partial charge in [-0.1, -0.05) is 84.9 Å². The van der Waals surface area contributed by atoms with Gasteiger partial charge in [0, 0.05) is 12.6 Å². The molecule has 0 aliphatic carbocycles. The molecule has 0 fully saturated rings. The maximum Gasteiger partial charge on any atom is 0.0363 e. The van der Waals surface area contributed by atoms with Crippen LogP contribution in [0, 0.1) is 6.92 Å². The minimum Gasteiger partial charge on any atom is -0.306 e. The minimum atomic E-state index is 0.317. The number of hydrogen-bond donors (Lipinski definition) is 1. The molecule has 0 aliphatic rings. The third kappa shape index (κ3) is 4.30. The fourth-order valence-electron chi connectivity index (χ4n) is 2.89. The summed E-state index contributed by atoms with van der Waals surface area (Å²) in [5, 5.41) is 3.73. The average Bonchev–Trinajstić information content (AvgIpc) is 2.62. The van der Waals surface area contributed by atoms with Crippen molar-refractivity contribution in [2.75, 3.05) is 0 Å². The molecular formula is C22H23N. The molecule has 1 heteroatoms. The Morgan fingerprint density at radius 2 is 1.35 bits per heavy atom.